The van der Waals surface area contributed by atoms with Crippen molar-refractivity contribution >= 4 is 42.7 Å². The molecule has 9 N–H and O–H groups in total. The van der Waals surface area contributed by atoms with Crippen LogP contribution in [-0.2, 0) is 73.8 Å². The Bertz CT molecular complexity index is 5490. The molecule has 2 amide bonds. The lowest BCUT2D eigenvalue weighted by Gasteiger charge is -2.14. The van der Waals surface area contributed by atoms with Gasteiger partial charge in [-0.25, -0.2) is 26.3 Å². The number of amides is 2. The number of nitrogens with two attached hydrogens (primary N) is 3. The van der Waals surface area contributed by atoms with Gasteiger partial charge in [0.1, 0.15) is 86.6 Å². The van der Waals surface area contributed by atoms with E-state index in [0.29, 0.717) is 114 Å². The maximum Gasteiger partial charge on any atom is 0.294 e. The maximum atomic E-state index is 13.1. The van der Waals surface area contributed by atoms with E-state index in [1.165, 1.54) is 130 Å². The van der Waals surface area contributed by atoms with Gasteiger partial charge in [-0.3, -0.25) is 41.2 Å². The minimum atomic E-state index is -0.541. The number of hydrogen-bond donors (Lipinski definition) is 6. The molecule has 0 saturated carbocycles. The third kappa shape index (κ3) is 48.1. The number of rotatable bonds is 34. The largest absolute Gasteiger partial charge is 0.508 e. The van der Waals surface area contributed by atoms with E-state index in [1.54, 1.807) is 120 Å². The van der Waals surface area contributed by atoms with Crippen LogP contribution in [0.2, 0.25) is 0 Å². The number of nitrogens with one attached hydrogen (secondary N) is 2. The molecular formula is C112H127F6N9O13. The summed E-state index contributed by atoms with van der Waals surface area (Å²) in [5.41, 5.74) is 29.4. The summed E-state index contributed by atoms with van der Waals surface area (Å²) >= 11 is 0. The zero-order chi connectivity index (χ0) is 103. The fourth-order valence-corrected chi connectivity index (χ4v) is 12.3. The first-order valence-corrected chi connectivity index (χ1v) is 44.7. The second kappa shape index (κ2) is 64.1. The number of aromatic hydroxyl groups is 1. The Morgan fingerprint density at radius 2 is 0.607 bits per heavy atom. The summed E-state index contributed by atoms with van der Waals surface area (Å²) in [4.78, 5) is 61.0. The van der Waals surface area contributed by atoms with Crippen molar-refractivity contribution in [1.82, 2.24) is 19.6 Å². The number of carbonyl (C=O) groups is 5. The molecule has 0 aliphatic carbocycles. The van der Waals surface area contributed by atoms with Crippen LogP contribution < -0.4 is 36.1 Å². The quantitative estimate of drug-likeness (QED) is 0.00718. The first-order chi connectivity index (χ1) is 66.9. The number of nitrogens with zero attached hydrogens (tertiary/aromatic N) is 4. The van der Waals surface area contributed by atoms with Gasteiger partial charge in [-0.05, 0) is 293 Å². The Morgan fingerprint density at radius 3 is 0.893 bits per heavy atom. The molecule has 0 bridgehead atoms. The van der Waals surface area contributed by atoms with Crippen LogP contribution in [0.1, 0.15) is 116 Å². The van der Waals surface area contributed by atoms with Crippen molar-refractivity contribution in [1.29, 1.82) is 10.8 Å². The van der Waals surface area contributed by atoms with Crippen molar-refractivity contribution in [3.63, 3.8) is 0 Å². The molecule has 0 spiro atoms. The number of phenolic OH excluding ortho intramolecular Hbond substituents is 1. The van der Waals surface area contributed by atoms with Gasteiger partial charge in [0.2, 0.25) is 0 Å². The van der Waals surface area contributed by atoms with Crippen LogP contribution in [-0.4, -0.2) is 142 Å². The molecule has 0 aromatic heterocycles. The summed E-state index contributed by atoms with van der Waals surface area (Å²) in [6.45, 7) is 12.3. The standard InChI is InChI=1S/2C15H14FNO2.2C15H16FNO.C11H14FNO.C11H14FN.3C10H13NO2/c2*1-17(2)15(18)13-5-3-4-6-14(13)19-12-9-7-11(16)8-10-12;2*1-17(2)11-12-5-3-4-6-15(12)18-14-9-7-13(16)8-10-14;1-8(13)3-2-4-9-7-10(14)5-6-11(9)12;1-9(13)3-2-4-10-5-7-11(12)8-6-10;3*1-8-2-4-9(5-3-8)6-10(11)13-7-12/h2*3-10H,1-2H3;2*3-10H,11H2,1-2H3;5-7,13-14H,2-4H2,1H3;5-8,13H,2-4H2,1H3;3*2-5,7,10H,6,11H2,1H3/t;;;;;;3*10-/m......000/s1/i4*16-1;2*12-1;;;. The number of para-hydroxylation sites is 4. The number of phenols is 1. The molecule has 0 heterocycles. The van der Waals surface area contributed by atoms with Crippen molar-refractivity contribution in [2.24, 2.45) is 17.2 Å². The van der Waals surface area contributed by atoms with Crippen LogP contribution >= 0.6 is 0 Å². The van der Waals surface area contributed by atoms with Crippen molar-refractivity contribution in [2.75, 3.05) is 56.4 Å². The van der Waals surface area contributed by atoms with E-state index in [2.05, 4.69) is 24.0 Å². The van der Waals surface area contributed by atoms with Gasteiger partial charge in [-0.15, -0.1) is 0 Å². The zero-order valence-corrected chi connectivity index (χ0v) is 81.3. The van der Waals surface area contributed by atoms with Gasteiger partial charge in [0.05, 0.1) is 11.1 Å². The van der Waals surface area contributed by atoms with Crippen LogP contribution in [0.4, 0.5) is 26.3 Å². The molecule has 0 fully saturated rings. The second-order valence-corrected chi connectivity index (χ2v) is 32.9. The molecule has 0 aliphatic heterocycles. The van der Waals surface area contributed by atoms with Crippen LogP contribution in [0.3, 0.4) is 0 Å². The van der Waals surface area contributed by atoms with Crippen molar-refractivity contribution in [3.8, 4) is 51.7 Å². The molecular weight excluding hydrogens is 1790 g/mol. The molecule has 0 saturated heterocycles. The predicted molar refractivity (Wildman–Crippen MR) is 540 cm³/mol. The van der Waals surface area contributed by atoms with E-state index in [4.69, 9.17) is 52.1 Å². The van der Waals surface area contributed by atoms with E-state index in [1.807, 2.05) is 177 Å². The number of carbonyl (C=O) groups excluding carboxylic acids is 5. The summed E-state index contributed by atoms with van der Waals surface area (Å²) in [6.07, 6.45) is 4.76. The van der Waals surface area contributed by atoms with Gasteiger partial charge in [0.15, 0.2) is 18.7 Å². The van der Waals surface area contributed by atoms with Gasteiger partial charge in [-0.2, -0.15) is 0 Å². The number of benzene rings is 13. The van der Waals surface area contributed by atoms with E-state index >= 15 is 0 Å². The van der Waals surface area contributed by atoms with Crippen molar-refractivity contribution in [3.05, 3.63) is 411 Å². The lowest BCUT2D eigenvalue weighted by atomic mass is 10.1. The number of ether oxygens (including phenoxy) is 7. The maximum absolute atomic E-state index is 13.1. The topological polar surface area (TPSA) is 309 Å². The van der Waals surface area contributed by atoms with E-state index < -0.39 is 18.7 Å². The van der Waals surface area contributed by atoms with Crippen molar-refractivity contribution in [2.45, 2.75) is 124 Å². The van der Waals surface area contributed by atoms with Crippen LogP contribution in [0.5, 0.6) is 51.7 Å². The lowest BCUT2D eigenvalue weighted by molar-refractivity contribution is -0.134. The summed E-state index contributed by atoms with van der Waals surface area (Å²) < 4.78 is 113. The highest BCUT2D eigenvalue weighted by atomic mass is 18.2. The van der Waals surface area contributed by atoms with Gasteiger partial charge in [0.25, 0.3) is 31.2 Å². The lowest BCUT2D eigenvalue weighted by Crippen LogP contribution is -2.25. The molecule has 13 rings (SSSR count). The van der Waals surface area contributed by atoms with Crippen LogP contribution in [0, 0.1) is 66.5 Å². The molecule has 0 aliphatic rings. The van der Waals surface area contributed by atoms with Crippen molar-refractivity contribution < 1.29 is 88.6 Å². The molecule has 3 atom stereocenters. The Hall–Kier alpha value is -15.1. The van der Waals surface area contributed by atoms with Gasteiger partial charge >= 0.3 is 0 Å². The summed E-state index contributed by atoms with van der Waals surface area (Å²) in [7, 11) is 14.7. The van der Waals surface area contributed by atoms with Crippen LogP contribution in [0.25, 0.3) is 0 Å². The monoisotopic (exact) mass is 1910 g/mol. The Morgan fingerprint density at radius 1 is 0.343 bits per heavy atom. The fourth-order valence-electron chi connectivity index (χ4n) is 12.3. The molecule has 22 nitrogen and oxygen atoms in total. The zero-order valence-electron chi connectivity index (χ0n) is 81.3. The molecule has 140 heavy (non-hydrogen) atoms. The third-order valence-electron chi connectivity index (χ3n) is 19.5. The number of halogens is 6. The molecule has 0 unspecified atom stereocenters. The molecule has 740 valence electrons. The van der Waals surface area contributed by atoms with Gasteiger partial charge in [-0.1, -0.05) is 162 Å². The minimum absolute atomic E-state index is 0.0907. The van der Waals surface area contributed by atoms with Gasteiger partial charge in [0, 0.05) is 83.1 Å². The highest BCUT2D eigenvalue weighted by Crippen LogP contribution is 2.31. The first kappa shape index (κ1) is 115. The number of hydrogen-bond acceptors (Lipinski definition) is 20. The van der Waals surface area contributed by atoms with Crippen LogP contribution in [0.15, 0.2) is 309 Å². The molecule has 13 aromatic rings. The summed E-state index contributed by atoms with van der Waals surface area (Å²) in [5.74, 6) is 2.92. The minimum Gasteiger partial charge on any atom is -0.508 e. The Labute approximate surface area is 817 Å². The molecule has 0 radical (unpaired) electrons. The summed E-state index contributed by atoms with van der Waals surface area (Å²) in [6, 6.07) is 87.5. The number of aryl methyl sites for hydroxylation is 5. The van der Waals surface area contributed by atoms with E-state index in [9.17, 15) is 50.3 Å². The normalized spacial score (nSPS) is 10.8. The smallest absolute Gasteiger partial charge is 0.294 e. The predicted octanol–water partition coefficient (Wildman–Crippen LogP) is 23.1. The first-order valence-electron chi connectivity index (χ1n) is 44.7. The average Bonchev–Trinajstić information content (AvgIpc) is 0.831. The molecule has 13 aromatic carbocycles. The van der Waals surface area contributed by atoms with E-state index in [0.717, 1.165) is 83.7 Å². The SMILES string of the molecule is CC(=N)CCCc1cc(O)ccc1[18F].CC(=N)CCCc1ccc([18F])cc1.CN(C)C(=O)c1ccccc1Oc1ccc([18F])cc1.CN(C)C(=O)c1ccccc1Oc1ccc([18F])cc1.CN(C)Cc1ccccc1Oc1ccc([18F])cc1.CN(C)Cc1ccccc1Oc1ccc([18F])cc1.Cc1ccc(C[C@@H](N)OC=O)cc1.Cc1ccc(C[C@@H](N)OC=O)cc1.Cc1ccc(C[C@@H](N)OC=O)cc1. The van der Waals surface area contributed by atoms with E-state index in [-0.39, 0.29) is 52.5 Å². The second-order valence-electron chi connectivity index (χ2n) is 32.9. The summed E-state index contributed by atoms with van der Waals surface area (Å²) in [5, 5.41) is 23.6. The molecule has 28 heteroatoms. The fraction of sp³-hybridized carbons (Fsp3) is 0.241. The average molecular weight is 1920 g/mol. The Kier molecular flexibility index (Phi) is 52.8. The van der Waals surface area contributed by atoms with Gasteiger partial charge < -0.3 is 68.7 Å². The highest BCUT2D eigenvalue weighted by molar-refractivity contribution is 5.97. The Balaban J connectivity index is 0.000000279. The third-order valence-corrected chi connectivity index (χ3v) is 19.5. The highest BCUT2D eigenvalue weighted by Gasteiger charge is 2.18.